The lowest BCUT2D eigenvalue weighted by Gasteiger charge is -2.07. The molecule has 0 aliphatic heterocycles. The van der Waals surface area contributed by atoms with Gasteiger partial charge in [0.25, 0.3) is 0 Å². The third kappa shape index (κ3) is 2.17. The van der Waals surface area contributed by atoms with Crippen LogP contribution < -0.4 is 5.32 Å². The highest BCUT2D eigenvalue weighted by molar-refractivity contribution is 7.13. The molecule has 0 atom stereocenters. The van der Waals surface area contributed by atoms with Crippen molar-refractivity contribution in [2.75, 3.05) is 5.32 Å². The van der Waals surface area contributed by atoms with Crippen LogP contribution in [0.4, 0.5) is 11.5 Å². The molecule has 3 aromatic heterocycles. The molecular formula is C16H12N4S. The summed E-state index contributed by atoms with van der Waals surface area (Å²) in [5.74, 6) is 0.959. The Morgan fingerprint density at radius 2 is 1.95 bits per heavy atom. The maximum atomic E-state index is 4.70. The molecule has 0 radical (unpaired) electrons. The molecule has 3 heterocycles. The predicted molar refractivity (Wildman–Crippen MR) is 86.0 cm³/mol. The SMILES string of the molecule is c1ccc(Nc2c(-c3cccs3)nc3cnccn23)cc1. The molecular weight excluding hydrogens is 280 g/mol. The van der Waals surface area contributed by atoms with E-state index < -0.39 is 0 Å². The number of aromatic nitrogens is 3. The second-order valence-corrected chi connectivity index (χ2v) is 5.53. The second kappa shape index (κ2) is 5.03. The van der Waals surface area contributed by atoms with Crippen LogP contribution in [0.5, 0.6) is 0 Å². The second-order valence-electron chi connectivity index (χ2n) is 4.58. The largest absolute Gasteiger partial charge is 0.339 e. The lowest BCUT2D eigenvalue weighted by atomic mass is 10.3. The van der Waals surface area contributed by atoms with E-state index in [0.29, 0.717) is 0 Å². The minimum absolute atomic E-state index is 0.833. The van der Waals surface area contributed by atoms with Gasteiger partial charge in [0.05, 0.1) is 11.1 Å². The quantitative estimate of drug-likeness (QED) is 0.615. The van der Waals surface area contributed by atoms with Gasteiger partial charge in [-0.2, -0.15) is 0 Å². The highest BCUT2D eigenvalue weighted by Gasteiger charge is 2.14. The monoisotopic (exact) mass is 292 g/mol. The van der Waals surface area contributed by atoms with Crippen molar-refractivity contribution in [2.45, 2.75) is 0 Å². The van der Waals surface area contributed by atoms with E-state index in [1.165, 1.54) is 0 Å². The number of fused-ring (bicyclic) bond motifs is 1. The van der Waals surface area contributed by atoms with E-state index in [1.54, 1.807) is 23.7 Å². The molecule has 21 heavy (non-hydrogen) atoms. The molecule has 1 aromatic carbocycles. The Morgan fingerprint density at radius 3 is 2.76 bits per heavy atom. The Hall–Kier alpha value is -2.66. The summed E-state index contributed by atoms with van der Waals surface area (Å²) >= 11 is 1.68. The van der Waals surface area contributed by atoms with Crippen LogP contribution >= 0.6 is 11.3 Å². The normalized spacial score (nSPS) is 10.9. The van der Waals surface area contributed by atoms with E-state index in [2.05, 4.69) is 21.7 Å². The third-order valence-corrected chi connectivity index (χ3v) is 4.10. The van der Waals surface area contributed by atoms with Gasteiger partial charge in [0.1, 0.15) is 11.5 Å². The first-order valence-electron chi connectivity index (χ1n) is 6.60. The average Bonchev–Trinajstić information content (AvgIpc) is 3.16. The molecule has 1 N–H and O–H groups in total. The predicted octanol–water partition coefficient (Wildman–Crippen LogP) is 4.20. The van der Waals surface area contributed by atoms with Gasteiger partial charge in [-0.15, -0.1) is 11.3 Å². The topological polar surface area (TPSA) is 42.2 Å². The molecule has 0 bridgehead atoms. The van der Waals surface area contributed by atoms with Gasteiger partial charge in [-0.1, -0.05) is 24.3 Å². The summed E-state index contributed by atoms with van der Waals surface area (Å²) in [6, 6.07) is 14.2. The maximum Gasteiger partial charge on any atom is 0.157 e. The van der Waals surface area contributed by atoms with Crippen LogP contribution in [0.25, 0.3) is 16.2 Å². The van der Waals surface area contributed by atoms with E-state index in [-0.39, 0.29) is 0 Å². The van der Waals surface area contributed by atoms with Gasteiger partial charge < -0.3 is 5.32 Å². The van der Waals surface area contributed by atoms with Crippen molar-refractivity contribution >= 4 is 28.5 Å². The smallest absolute Gasteiger partial charge is 0.157 e. The Balaban J connectivity index is 1.91. The van der Waals surface area contributed by atoms with Crippen LogP contribution in [0.15, 0.2) is 66.4 Å². The van der Waals surface area contributed by atoms with Crippen molar-refractivity contribution in [3.8, 4) is 10.6 Å². The van der Waals surface area contributed by atoms with Gasteiger partial charge in [0.2, 0.25) is 0 Å². The fourth-order valence-electron chi connectivity index (χ4n) is 2.27. The molecule has 0 aliphatic carbocycles. The lowest BCUT2D eigenvalue weighted by molar-refractivity contribution is 1.13. The Kier molecular flexibility index (Phi) is 2.90. The third-order valence-electron chi connectivity index (χ3n) is 3.22. The van der Waals surface area contributed by atoms with E-state index in [4.69, 9.17) is 4.98 Å². The zero-order valence-electron chi connectivity index (χ0n) is 11.1. The van der Waals surface area contributed by atoms with Gasteiger partial charge >= 0.3 is 0 Å². The number of para-hydroxylation sites is 1. The lowest BCUT2D eigenvalue weighted by Crippen LogP contribution is -1.96. The van der Waals surface area contributed by atoms with Gasteiger partial charge in [-0.25, -0.2) is 4.98 Å². The summed E-state index contributed by atoms with van der Waals surface area (Å²) in [5.41, 5.74) is 2.81. The molecule has 0 unspecified atom stereocenters. The van der Waals surface area contributed by atoms with Gasteiger partial charge in [-0.3, -0.25) is 9.38 Å². The van der Waals surface area contributed by atoms with Gasteiger partial charge in [0, 0.05) is 18.1 Å². The number of rotatable bonds is 3. The molecule has 5 heteroatoms. The summed E-state index contributed by atoms with van der Waals surface area (Å²) < 4.78 is 2.02. The van der Waals surface area contributed by atoms with Crippen molar-refractivity contribution in [3.63, 3.8) is 0 Å². The number of hydrogen-bond acceptors (Lipinski definition) is 4. The van der Waals surface area contributed by atoms with Crippen molar-refractivity contribution in [3.05, 3.63) is 66.4 Å². The van der Waals surface area contributed by atoms with Crippen LogP contribution in [0.3, 0.4) is 0 Å². The minimum atomic E-state index is 0.833. The van der Waals surface area contributed by atoms with Gasteiger partial charge in [0.15, 0.2) is 5.65 Å². The molecule has 0 fully saturated rings. The number of imidazole rings is 1. The number of thiophene rings is 1. The van der Waals surface area contributed by atoms with Crippen LogP contribution in [-0.2, 0) is 0 Å². The summed E-state index contributed by atoms with van der Waals surface area (Å²) in [4.78, 5) is 9.98. The summed E-state index contributed by atoms with van der Waals surface area (Å²) in [7, 11) is 0. The fraction of sp³-hybridized carbons (Fsp3) is 0. The van der Waals surface area contributed by atoms with Crippen LogP contribution in [0.2, 0.25) is 0 Å². The molecule has 0 saturated carbocycles. The zero-order valence-corrected chi connectivity index (χ0v) is 11.9. The Labute approximate surface area is 125 Å². The summed E-state index contributed by atoms with van der Waals surface area (Å²) in [6.07, 6.45) is 5.46. The minimum Gasteiger partial charge on any atom is -0.339 e. The first-order chi connectivity index (χ1) is 10.4. The number of nitrogens with one attached hydrogen (secondary N) is 1. The van der Waals surface area contributed by atoms with Crippen molar-refractivity contribution in [2.24, 2.45) is 0 Å². The number of hydrogen-bond donors (Lipinski definition) is 1. The van der Waals surface area contributed by atoms with Crippen LogP contribution in [0.1, 0.15) is 0 Å². The van der Waals surface area contributed by atoms with Crippen LogP contribution in [0, 0.1) is 0 Å². The van der Waals surface area contributed by atoms with E-state index in [1.807, 2.05) is 47.0 Å². The van der Waals surface area contributed by atoms with Gasteiger partial charge in [-0.05, 0) is 23.6 Å². The molecule has 102 valence electrons. The molecule has 0 spiro atoms. The molecule has 0 saturated heterocycles. The van der Waals surface area contributed by atoms with Crippen molar-refractivity contribution in [1.29, 1.82) is 0 Å². The number of nitrogens with zero attached hydrogens (tertiary/aromatic N) is 3. The first-order valence-corrected chi connectivity index (χ1v) is 7.48. The summed E-state index contributed by atoms with van der Waals surface area (Å²) in [6.45, 7) is 0. The molecule has 4 rings (SSSR count). The summed E-state index contributed by atoms with van der Waals surface area (Å²) in [5, 5.41) is 5.52. The molecule has 4 nitrogen and oxygen atoms in total. The number of anilines is 2. The highest BCUT2D eigenvalue weighted by Crippen LogP contribution is 2.33. The van der Waals surface area contributed by atoms with Crippen LogP contribution in [-0.4, -0.2) is 14.4 Å². The number of benzene rings is 1. The zero-order chi connectivity index (χ0) is 14.1. The molecule has 0 amide bonds. The highest BCUT2D eigenvalue weighted by atomic mass is 32.1. The molecule has 0 aliphatic rings. The Morgan fingerprint density at radius 1 is 1.05 bits per heavy atom. The van der Waals surface area contributed by atoms with Crippen molar-refractivity contribution < 1.29 is 0 Å². The maximum absolute atomic E-state index is 4.70. The van der Waals surface area contributed by atoms with Crippen molar-refractivity contribution in [1.82, 2.24) is 14.4 Å². The average molecular weight is 292 g/mol. The van der Waals surface area contributed by atoms with E-state index in [9.17, 15) is 0 Å². The van der Waals surface area contributed by atoms with E-state index >= 15 is 0 Å². The molecule has 4 aromatic rings. The van der Waals surface area contributed by atoms with E-state index in [0.717, 1.165) is 27.7 Å². The standard InChI is InChI=1S/C16H12N4S/c1-2-5-12(6-3-1)18-16-15(13-7-4-10-21-13)19-14-11-17-8-9-20(14)16/h1-11,18H. The fourth-order valence-corrected chi connectivity index (χ4v) is 2.98. The first kappa shape index (κ1) is 12.1. The Bertz CT molecular complexity index is 866.